The molecule has 10 nitrogen and oxygen atoms in total. The van der Waals surface area contributed by atoms with Crippen LogP contribution in [-0.2, 0) is 30.4 Å². The third-order valence-electron chi connectivity index (χ3n) is 5.52. The molecule has 0 aromatic carbocycles. The number of hydrogen-bond donors (Lipinski definition) is 2. The van der Waals surface area contributed by atoms with Gasteiger partial charge >= 0.3 is 24.3 Å². The largest absolute Gasteiger partial charge is 0.490 e. The van der Waals surface area contributed by atoms with E-state index < -0.39 is 24.3 Å². The van der Waals surface area contributed by atoms with Gasteiger partial charge in [-0.15, -0.1) is 0 Å². The SMILES string of the molecule is Cc1cccc(CN2C[C@@H]3COC[C@]3(COCC(=O)N(C)C)C2)n1.O=C(O)C(F)(F)F.O=C(O)C(F)(F)F. The van der Waals surface area contributed by atoms with E-state index in [4.69, 9.17) is 29.3 Å². The third kappa shape index (κ3) is 10.8. The van der Waals surface area contributed by atoms with Gasteiger partial charge in [0.25, 0.3) is 0 Å². The van der Waals surface area contributed by atoms with E-state index in [1.165, 1.54) is 0 Å². The highest BCUT2D eigenvalue weighted by Gasteiger charge is 2.50. The van der Waals surface area contributed by atoms with E-state index in [9.17, 15) is 31.1 Å². The van der Waals surface area contributed by atoms with E-state index in [2.05, 4.69) is 22.0 Å². The summed E-state index contributed by atoms with van der Waals surface area (Å²) in [5.41, 5.74) is 2.17. The Hall–Kier alpha value is -2.98. The first-order valence-electron chi connectivity index (χ1n) is 11.0. The number of rotatable bonds is 6. The molecule has 216 valence electrons. The lowest BCUT2D eigenvalue weighted by Crippen LogP contribution is -2.37. The number of aryl methyl sites for hydroxylation is 1. The Balaban J connectivity index is 0.000000426. The van der Waals surface area contributed by atoms with Crippen molar-refractivity contribution in [2.24, 2.45) is 11.3 Å². The topological polar surface area (TPSA) is 130 Å². The van der Waals surface area contributed by atoms with Crippen molar-refractivity contribution in [3.05, 3.63) is 29.6 Å². The van der Waals surface area contributed by atoms with Gasteiger partial charge in [0.15, 0.2) is 0 Å². The highest BCUT2D eigenvalue weighted by Crippen LogP contribution is 2.42. The van der Waals surface area contributed by atoms with Crippen LogP contribution in [-0.4, -0.2) is 109 Å². The van der Waals surface area contributed by atoms with E-state index >= 15 is 0 Å². The molecule has 16 heteroatoms. The smallest absolute Gasteiger partial charge is 0.475 e. The van der Waals surface area contributed by atoms with Gasteiger partial charge in [0.05, 0.1) is 25.5 Å². The van der Waals surface area contributed by atoms with Crippen molar-refractivity contribution in [2.75, 3.05) is 53.6 Å². The van der Waals surface area contributed by atoms with Crippen LogP contribution in [0.25, 0.3) is 0 Å². The number of carbonyl (C=O) groups is 3. The molecular formula is C22H29F6N3O7. The number of ether oxygens (including phenoxy) is 2. The van der Waals surface area contributed by atoms with Crippen LogP contribution >= 0.6 is 0 Å². The van der Waals surface area contributed by atoms with Gasteiger partial charge in [-0.05, 0) is 19.1 Å². The number of aliphatic carboxylic acids is 2. The van der Waals surface area contributed by atoms with Gasteiger partial charge < -0.3 is 24.6 Å². The normalized spacial score (nSPS) is 20.9. The lowest BCUT2D eigenvalue weighted by atomic mass is 9.82. The molecule has 2 aliphatic heterocycles. The number of pyridine rings is 1. The number of likely N-dealkylation sites (N-methyl/N-ethyl adjacent to an activating group) is 1. The fourth-order valence-corrected chi connectivity index (χ4v) is 3.65. The summed E-state index contributed by atoms with van der Waals surface area (Å²) in [7, 11) is 3.50. The molecule has 2 aliphatic rings. The van der Waals surface area contributed by atoms with Crippen LogP contribution in [0.3, 0.4) is 0 Å². The number of alkyl halides is 6. The second-order valence-corrected chi connectivity index (χ2v) is 8.90. The summed E-state index contributed by atoms with van der Waals surface area (Å²) in [6.45, 7) is 7.03. The molecule has 38 heavy (non-hydrogen) atoms. The zero-order valence-corrected chi connectivity index (χ0v) is 20.8. The lowest BCUT2D eigenvalue weighted by molar-refractivity contribution is -0.193. The van der Waals surface area contributed by atoms with E-state index in [1.54, 1.807) is 19.0 Å². The van der Waals surface area contributed by atoms with Gasteiger partial charge in [-0.25, -0.2) is 9.59 Å². The monoisotopic (exact) mass is 561 g/mol. The molecule has 3 heterocycles. The second kappa shape index (κ2) is 13.7. The predicted octanol–water partition coefficient (Wildman–Crippen LogP) is 2.21. The Bertz CT molecular complexity index is 934. The van der Waals surface area contributed by atoms with Crippen LogP contribution in [0.4, 0.5) is 26.3 Å². The summed E-state index contributed by atoms with van der Waals surface area (Å²) in [6.07, 6.45) is -10.2. The van der Waals surface area contributed by atoms with Crippen molar-refractivity contribution < 1.29 is 60.4 Å². The molecule has 2 N–H and O–H groups in total. The maximum atomic E-state index is 11.7. The van der Waals surface area contributed by atoms with E-state index in [0.717, 1.165) is 37.6 Å². The van der Waals surface area contributed by atoms with Gasteiger partial charge in [0.1, 0.15) is 6.61 Å². The first kappa shape index (κ1) is 33.0. The Morgan fingerprint density at radius 3 is 2.16 bits per heavy atom. The summed E-state index contributed by atoms with van der Waals surface area (Å²) >= 11 is 0. The standard InChI is InChI=1S/C18H27N3O3.2C2HF3O2/c1-14-5-4-6-16(19-14)8-21-7-15-9-23-12-18(15,11-21)13-24-10-17(22)20(2)3;2*3-2(4,5)1(6)7/h4-6,15H,7-13H2,1-3H3;2*(H,6,7)/t15-,18+;;/m1../s1. The lowest BCUT2D eigenvalue weighted by Gasteiger charge is -2.27. The van der Waals surface area contributed by atoms with Gasteiger partial charge in [0.2, 0.25) is 5.91 Å². The fraction of sp³-hybridized carbons (Fsp3) is 0.636. The summed E-state index contributed by atoms with van der Waals surface area (Å²) in [6, 6.07) is 6.16. The zero-order chi connectivity index (χ0) is 29.3. The molecule has 1 aromatic heterocycles. The Morgan fingerprint density at radius 2 is 1.68 bits per heavy atom. The van der Waals surface area contributed by atoms with Crippen LogP contribution in [0.2, 0.25) is 0 Å². The first-order chi connectivity index (χ1) is 17.4. The molecule has 1 amide bonds. The van der Waals surface area contributed by atoms with Crippen LogP contribution < -0.4 is 0 Å². The number of likely N-dealkylation sites (tertiary alicyclic amines) is 1. The van der Waals surface area contributed by atoms with E-state index in [1.807, 2.05) is 13.0 Å². The molecular weight excluding hydrogens is 532 g/mol. The number of carboxylic acid groups (broad SMARTS) is 2. The maximum Gasteiger partial charge on any atom is 0.490 e. The van der Waals surface area contributed by atoms with Crippen molar-refractivity contribution in [2.45, 2.75) is 25.8 Å². The molecule has 0 aliphatic carbocycles. The molecule has 2 fully saturated rings. The van der Waals surface area contributed by atoms with Gasteiger partial charge in [0, 0.05) is 50.8 Å². The number of carboxylic acids is 2. The second-order valence-electron chi connectivity index (χ2n) is 8.90. The maximum absolute atomic E-state index is 11.7. The van der Waals surface area contributed by atoms with Crippen LogP contribution in [0.15, 0.2) is 18.2 Å². The number of aromatic nitrogens is 1. The highest BCUT2D eigenvalue weighted by molar-refractivity contribution is 5.76. The Kier molecular flexibility index (Phi) is 11.9. The minimum atomic E-state index is -5.08. The predicted molar refractivity (Wildman–Crippen MR) is 118 cm³/mol. The summed E-state index contributed by atoms with van der Waals surface area (Å²) < 4.78 is 74.9. The minimum absolute atomic E-state index is 0.000629. The highest BCUT2D eigenvalue weighted by atomic mass is 19.4. The molecule has 0 spiro atoms. The quantitative estimate of drug-likeness (QED) is 0.503. The van der Waals surface area contributed by atoms with Gasteiger partial charge in [-0.2, -0.15) is 26.3 Å². The molecule has 0 radical (unpaired) electrons. The van der Waals surface area contributed by atoms with Crippen molar-refractivity contribution in [3.63, 3.8) is 0 Å². The third-order valence-corrected chi connectivity index (χ3v) is 5.52. The van der Waals surface area contributed by atoms with E-state index in [0.29, 0.717) is 19.1 Å². The van der Waals surface area contributed by atoms with Crippen molar-refractivity contribution in [1.82, 2.24) is 14.8 Å². The molecule has 0 saturated carbocycles. The van der Waals surface area contributed by atoms with Gasteiger partial charge in [-0.3, -0.25) is 14.7 Å². The van der Waals surface area contributed by atoms with Crippen molar-refractivity contribution in [1.29, 1.82) is 0 Å². The van der Waals surface area contributed by atoms with E-state index in [-0.39, 0.29) is 17.9 Å². The van der Waals surface area contributed by atoms with Gasteiger partial charge in [-0.1, -0.05) is 6.07 Å². The fourth-order valence-electron chi connectivity index (χ4n) is 3.65. The molecule has 0 unspecified atom stereocenters. The number of amides is 1. The zero-order valence-electron chi connectivity index (χ0n) is 20.8. The molecule has 0 bridgehead atoms. The summed E-state index contributed by atoms with van der Waals surface area (Å²) in [4.78, 5) is 38.1. The van der Waals surface area contributed by atoms with Crippen molar-refractivity contribution >= 4 is 17.8 Å². The first-order valence-corrected chi connectivity index (χ1v) is 11.0. The number of carbonyl (C=O) groups excluding carboxylic acids is 1. The molecule has 2 atom stereocenters. The van der Waals surface area contributed by atoms with Crippen LogP contribution in [0, 0.1) is 18.3 Å². The molecule has 3 rings (SSSR count). The Morgan fingerprint density at radius 1 is 1.13 bits per heavy atom. The average molecular weight is 561 g/mol. The summed E-state index contributed by atoms with van der Waals surface area (Å²) in [5.74, 6) is -5.04. The number of hydrogen-bond acceptors (Lipinski definition) is 7. The molecule has 1 aromatic rings. The summed E-state index contributed by atoms with van der Waals surface area (Å²) in [5, 5.41) is 14.2. The Labute approximate surface area is 214 Å². The minimum Gasteiger partial charge on any atom is -0.475 e. The van der Waals surface area contributed by atoms with Crippen LogP contribution in [0.1, 0.15) is 11.4 Å². The number of halogens is 6. The molecule has 2 saturated heterocycles. The average Bonchev–Trinajstić information content (AvgIpc) is 3.29. The van der Waals surface area contributed by atoms with Crippen LogP contribution in [0.5, 0.6) is 0 Å². The van der Waals surface area contributed by atoms with Crippen molar-refractivity contribution in [3.8, 4) is 0 Å². The number of nitrogens with zero attached hydrogens (tertiary/aromatic N) is 3. The number of fused-ring (bicyclic) bond motifs is 1.